The minimum absolute atomic E-state index is 0.243. The maximum absolute atomic E-state index is 13.0. The Kier molecular flexibility index (Phi) is 3.33. The minimum atomic E-state index is -0.514. The number of ketones is 1. The molecule has 1 aromatic carbocycles. The largest absolute Gasteiger partial charge is 0.289 e. The highest BCUT2D eigenvalue weighted by Crippen LogP contribution is 2.23. The Morgan fingerprint density at radius 2 is 2.12 bits per heavy atom. The van der Waals surface area contributed by atoms with Crippen LogP contribution in [0.5, 0.6) is 0 Å². The van der Waals surface area contributed by atoms with Crippen LogP contribution in [0.3, 0.4) is 0 Å². The molecule has 0 bridgehead atoms. The van der Waals surface area contributed by atoms with E-state index in [0.29, 0.717) is 5.56 Å². The number of carbonyl (C=O) groups excluding carboxylic acids is 1. The molecule has 0 atom stereocenters. The van der Waals surface area contributed by atoms with E-state index in [1.165, 1.54) is 12.3 Å². The van der Waals surface area contributed by atoms with Crippen molar-refractivity contribution >= 4 is 21.7 Å². The summed E-state index contributed by atoms with van der Waals surface area (Å²) in [5, 5.41) is 0. The van der Waals surface area contributed by atoms with E-state index in [0.717, 1.165) is 16.2 Å². The number of pyridine rings is 1. The summed E-state index contributed by atoms with van der Waals surface area (Å²) in [5.74, 6) is -0.757. The van der Waals surface area contributed by atoms with Crippen LogP contribution < -0.4 is 0 Å². The van der Waals surface area contributed by atoms with Gasteiger partial charge in [-0.15, -0.1) is 0 Å². The Balaban J connectivity index is 2.48. The summed E-state index contributed by atoms with van der Waals surface area (Å²) in [6.07, 6.45) is 2.43. The predicted octanol–water partition coefficient (Wildman–Crippen LogP) is 3.52. The quantitative estimate of drug-likeness (QED) is 0.793. The monoisotopic (exact) mass is 293 g/mol. The second-order valence-corrected chi connectivity index (χ2v) is 4.45. The zero-order valence-electron chi connectivity index (χ0n) is 9.08. The highest BCUT2D eigenvalue weighted by molar-refractivity contribution is 9.10. The van der Waals surface area contributed by atoms with E-state index < -0.39 is 5.82 Å². The SMILES string of the molecule is Cc1cccc(C(=O)c2cncc(F)c2)c1Br. The number of rotatable bonds is 2. The fourth-order valence-corrected chi connectivity index (χ4v) is 1.96. The topological polar surface area (TPSA) is 30.0 Å². The van der Waals surface area contributed by atoms with Crippen LogP contribution >= 0.6 is 15.9 Å². The summed E-state index contributed by atoms with van der Waals surface area (Å²) in [6.45, 7) is 1.89. The minimum Gasteiger partial charge on any atom is -0.289 e. The summed E-state index contributed by atoms with van der Waals surface area (Å²) in [5.41, 5.74) is 1.72. The van der Waals surface area contributed by atoms with Crippen LogP contribution in [0.4, 0.5) is 4.39 Å². The Hall–Kier alpha value is -1.55. The van der Waals surface area contributed by atoms with Crippen molar-refractivity contribution < 1.29 is 9.18 Å². The van der Waals surface area contributed by atoms with Crippen molar-refractivity contribution in [3.63, 3.8) is 0 Å². The molecule has 0 amide bonds. The standard InChI is InChI=1S/C13H9BrFNO/c1-8-3-2-4-11(12(8)14)13(17)9-5-10(15)7-16-6-9/h2-7H,1H3. The van der Waals surface area contributed by atoms with Crippen LogP contribution in [0.1, 0.15) is 21.5 Å². The first-order chi connectivity index (χ1) is 8.09. The lowest BCUT2D eigenvalue weighted by Crippen LogP contribution is -2.04. The third-order valence-electron chi connectivity index (χ3n) is 2.40. The number of hydrogen-bond acceptors (Lipinski definition) is 2. The van der Waals surface area contributed by atoms with E-state index in [1.807, 2.05) is 13.0 Å². The van der Waals surface area contributed by atoms with Crippen LogP contribution in [0.2, 0.25) is 0 Å². The number of aromatic nitrogens is 1. The van der Waals surface area contributed by atoms with E-state index >= 15 is 0 Å². The summed E-state index contributed by atoms with van der Waals surface area (Å²) in [7, 11) is 0. The van der Waals surface area contributed by atoms with Gasteiger partial charge in [0.15, 0.2) is 5.78 Å². The van der Waals surface area contributed by atoms with Gasteiger partial charge < -0.3 is 0 Å². The van der Waals surface area contributed by atoms with Gasteiger partial charge in [0.1, 0.15) is 5.82 Å². The van der Waals surface area contributed by atoms with Gasteiger partial charge in [0, 0.05) is 21.8 Å². The fourth-order valence-electron chi connectivity index (χ4n) is 1.51. The lowest BCUT2D eigenvalue weighted by Gasteiger charge is -2.05. The molecule has 2 nitrogen and oxygen atoms in total. The smallest absolute Gasteiger partial charge is 0.195 e. The van der Waals surface area contributed by atoms with Crippen LogP contribution in [-0.2, 0) is 0 Å². The Morgan fingerprint density at radius 1 is 1.35 bits per heavy atom. The summed E-state index contributed by atoms with van der Waals surface area (Å²) in [4.78, 5) is 15.8. The molecule has 0 aliphatic rings. The molecule has 0 aliphatic carbocycles. The molecule has 4 heteroatoms. The molecule has 17 heavy (non-hydrogen) atoms. The Labute approximate surface area is 107 Å². The van der Waals surface area contributed by atoms with Crippen LogP contribution in [0.15, 0.2) is 41.1 Å². The van der Waals surface area contributed by atoms with Crippen molar-refractivity contribution in [1.82, 2.24) is 4.98 Å². The van der Waals surface area contributed by atoms with Crippen LogP contribution in [0, 0.1) is 12.7 Å². The first-order valence-corrected chi connectivity index (χ1v) is 5.79. The molecular weight excluding hydrogens is 285 g/mol. The summed E-state index contributed by atoms with van der Waals surface area (Å²) >= 11 is 3.36. The van der Waals surface area contributed by atoms with Gasteiger partial charge in [0.05, 0.1) is 6.20 Å². The molecule has 0 saturated heterocycles. The van der Waals surface area contributed by atoms with Crippen LogP contribution in [0.25, 0.3) is 0 Å². The molecule has 0 saturated carbocycles. The van der Waals surface area contributed by atoms with Gasteiger partial charge in [0.2, 0.25) is 0 Å². The van der Waals surface area contributed by atoms with Gasteiger partial charge in [-0.3, -0.25) is 9.78 Å². The lowest BCUT2D eigenvalue weighted by molar-refractivity contribution is 0.103. The zero-order valence-corrected chi connectivity index (χ0v) is 10.7. The molecule has 0 unspecified atom stereocenters. The van der Waals surface area contributed by atoms with E-state index in [9.17, 15) is 9.18 Å². The van der Waals surface area contributed by atoms with Crippen LogP contribution in [-0.4, -0.2) is 10.8 Å². The maximum Gasteiger partial charge on any atom is 0.195 e. The molecule has 0 spiro atoms. The van der Waals surface area contributed by atoms with E-state index in [1.54, 1.807) is 12.1 Å². The van der Waals surface area contributed by atoms with Gasteiger partial charge in [-0.2, -0.15) is 0 Å². The molecular formula is C13H9BrFNO. The first-order valence-electron chi connectivity index (χ1n) is 5.00. The molecule has 1 aromatic heterocycles. The van der Waals surface area contributed by atoms with E-state index in [-0.39, 0.29) is 11.3 Å². The third-order valence-corrected chi connectivity index (χ3v) is 3.46. The number of carbonyl (C=O) groups is 1. The van der Waals surface area contributed by atoms with Gasteiger partial charge in [-0.25, -0.2) is 4.39 Å². The molecule has 0 aliphatic heterocycles. The summed E-state index contributed by atoms with van der Waals surface area (Å²) < 4.78 is 13.7. The fraction of sp³-hybridized carbons (Fsp3) is 0.0769. The van der Waals surface area contributed by atoms with E-state index in [4.69, 9.17) is 0 Å². The number of benzene rings is 1. The maximum atomic E-state index is 13.0. The van der Waals surface area contributed by atoms with Crippen molar-refractivity contribution in [1.29, 1.82) is 0 Å². The van der Waals surface area contributed by atoms with Gasteiger partial charge in [0.25, 0.3) is 0 Å². The lowest BCUT2D eigenvalue weighted by atomic mass is 10.0. The first kappa shape index (κ1) is 11.9. The number of halogens is 2. The van der Waals surface area contributed by atoms with E-state index in [2.05, 4.69) is 20.9 Å². The summed E-state index contributed by atoms with van der Waals surface area (Å²) in [6, 6.07) is 6.57. The second kappa shape index (κ2) is 4.75. The molecule has 1 heterocycles. The number of aryl methyl sites for hydroxylation is 1. The Morgan fingerprint density at radius 3 is 2.82 bits per heavy atom. The molecule has 86 valence electrons. The molecule has 0 radical (unpaired) electrons. The van der Waals surface area contributed by atoms with Gasteiger partial charge in [-0.1, -0.05) is 12.1 Å². The van der Waals surface area contributed by atoms with Crippen molar-refractivity contribution in [3.8, 4) is 0 Å². The average Bonchev–Trinajstić information content (AvgIpc) is 2.32. The normalized spacial score (nSPS) is 10.3. The molecule has 2 rings (SSSR count). The third kappa shape index (κ3) is 2.42. The molecule has 2 aromatic rings. The highest BCUT2D eigenvalue weighted by atomic mass is 79.9. The van der Waals surface area contributed by atoms with Gasteiger partial charge in [-0.05, 0) is 40.5 Å². The van der Waals surface area contributed by atoms with Crippen molar-refractivity contribution in [2.45, 2.75) is 6.92 Å². The van der Waals surface area contributed by atoms with Crippen molar-refractivity contribution in [2.24, 2.45) is 0 Å². The van der Waals surface area contributed by atoms with Gasteiger partial charge >= 0.3 is 0 Å². The average molecular weight is 294 g/mol. The van der Waals surface area contributed by atoms with Crippen molar-refractivity contribution in [2.75, 3.05) is 0 Å². The highest BCUT2D eigenvalue weighted by Gasteiger charge is 2.14. The van der Waals surface area contributed by atoms with Crippen molar-refractivity contribution in [3.05, 3.63) is 63.6 Å². The number of hydrogen-bond donors (Lipinski definition) is 0. The predicted molar refractivity (Wildman–Crippen MR) is 66.5 cm³/mol. The molecule has 0 fully saturated rings. The number of nitrogens with zero attached hydrogens (tertiary/aromatic N) is 1. The molecule has 0 N–H and O–H groups in total. The zero-order chi connectivity index (χ0) is 12.4. The second-order valence-electron chi connectivity index (χ2n) is 3.66. The Bertz CT molecular complexity index is 583.